The molecule has 3 saturated heterocycles. The molecule has 0 bridgehead atoms. The lowest BCUT2D eigenvalue weighted by molar-refractivity contribution is -0.190. The van der Waals surface area contributed by atoms with E-state index >= 15 is 0 Å². The van der Waals surface area contributed by atoms with Gasteiger partial charge in [-0.25, -0.2) is 9.13 Å². The average Bonchev–Trinajstić information content (AvgIpc) is 3.20. The lowest BCUT2D eigenvalue weighted by atomic mass is 9.81. The maximum Gasteiger partial charge on any atom is 0.475 e. The van der Waals surface area contributed by atoms with Crippen molar-refractivity contribution in [3.63, 3.8) is 0 Å². The molecule has 0 radical (unpaired) electrons. The summed E-state index contributed by atoms with van der Waals surface area (Å²) in [5.41, 5.74) is 5.24. The molecule has 0 aromatic rings. The highest BCUT2D eigenvalue weighted by molar-refractivity contribution is 7.48. The smallest absolute Gasteiger partial charge is 0.390 e. The van der Waals surface area contributed by atoms with Crippen molar-refractivity contribution in [2.45, 2.75) is 162 Å². The van der Waals surface area contributed by atoms with E-state index in [0.717, 1.165) is 0 Å². The predicted octanol–water partition coefficient (Wildman–Crippen LogP) is 6.86. The van der Waals surface area contributed by atoms with Crippen LogP contribution in [0.5, 0.6) is 0 Å². The Bertz CT molecular complexity index is 1460. The average molecular weight is 880 g/mol. The van der Waals surface area contributed by atoms with Gasteiger partial charge in [0, 0.05) is 13.0 Å². The van der Waals surface area contributed by atoms with E-state index in [1.807, 2.05) is 74.5 Å². The number of nitriles is 2. The first-order valence-electron chi connectivity index (χ1n) is 21.4. The lowest BCUT2D eigenvalue weighted by Gasteiger charge is -2.46. The molecule has 0 spiro atoms. The number of phosphoric ester groups is 2. The van der Waals surface area contributed by atoms with Gasteiger partial charge in [-0.2, -0.15) is 10.5 Å². The second-order valence-corrected chi connectivity index (χ2v) is 19.5. The van der Waals surface area contributed by atoms with E-state index in [1.165, 1.54) is 0 Å². The number of rotatable bonds is 25. The largest absolute Gasteiger partial charge is 0.475 e. The topological polar surface area (TPSA) is 237 Å². The molecule has 3 heterocycles. The van der Waals surface area contributed by atoms with Crippen LogP contribution in [0.4, 0.5) is 0 Å². The number of aliphatic hydroxyl groups excluding tert-OH is 1. The summed E-state index contributed by atoms with van der Waals surface area (Å²) in [5.74, 6) is -1.39. The van der Waals surface area contributed by atoms with Gasteiger partial charge in [-0.15, -0.1) is 0 Å². The third-order valence-corrected chi connectivity index (χ3v) is 15.3. The van der Waals surface area contributed by atoms with Crippen molar-refractivity contribution < 1.29 is 65.1 Å². The molecule has 59 heavy (non-hydrogen) atoms. The summed E-state index contributed by atoms with van der Waals surface area (Å²) in [4.78, 5) is 11.1. The number of aliphatic hydroxyl groups is 1. The van der Waals surface area contributed by atoms with Gasteiger partial charge in [-0.05, 0) is 61.2 Å². The van der Waals surface area contributed by atoms with Crippen molar-refractivity contribution in [2.24, 2.45) is 41.2 Å². The Labute approximate surface area is 351 Å². The minimum absolute atomic E-state index is 0.0329. The second kappa shape index (κ2) is 24.9. The fourth-order valence-corrected chi connectivity index (χ4v) is 10.8. The Kier molecular flexibility index (Phi) is 21.9. The molecule has 0 aromatic heterocycles. The summed E-state index contributed by atoms with van der Waals surface area (Å²) in [6.45, 7) is 17.5. The number of nitrogens with two attached hydrogens (primary N) is 1. The van der Waals surface area contributed by atoms with Gasteiger partial charge >= 0.3 is 15.6 Å². The van der Waals surface area contributed by atoms with Gasteiger partial charge in [0.25, 0.3) is 0 Å². The Morgan fingerprint density at radius 1 is 0.610 bits per heavy atom. The number of hydrogen-bond acceptors (Lipinski definition) is 16. The Morgan fingerprint density at radius 2 is 1.02 bits per heavy atom. The van der Waals surface area contributed by atoms with Crippen LogP contribution >= 0.6 is 15.6 Å². The van der Waals surface area contributed by atoms with Gasteiger partial charge < -0.3 is 29.8 Å². The van der Waals surface area contributed by atoms with Crippen LogP contribution in [0, 0.1) is 58.2 Å². The van der Waals surface area contributed by atoms with E-state index in [1.54, 1.807) is 0 Å². The van der Waals surface area contributed by atoms with E-state index in [-0.39, 0.29) is 93.2 Å². The van der Waals surface area contributed by atoms with Crippen molar-refractivity contribution in [3.05, 3.63) is 0 Å². The number of phosphoric acid groups is 2. The molecule has 0 aliphatic carbocycles. The Hall–Kier alpha value is -1.53. The number of carbonyl (C=O) groups excluding carboxylic acids is 1. The zero-order valence-corrected chi connectivity index (χ0v) is 38.3. The minimum Gasteiger partial charge on any atom is -0.390 e. The van der Waals surface area contributed by atoms with Gasteiger partial charge in [-0.1, -0.05) is 62.3 Å². The van der Waals surface area contributed by atoms with Gasteiger partial charge in [0.2, 0.25) is 5.91 Å². The lowest BCUT2D eigenvalue weighted by Crippen LogP contribution is -2.52. The summed E-state index contributed by atoms with van der Waals surface area (Å²) in [6, 6.07) is 3.98. The first-order valence-corrected chi connectivity index (χ1v) is 24.3. The third kappa shape index (κ3) is 14.8. The molecule has 3 N–H and O–H groups in total. The molecule has 17 atom stereocenters. The van der Waals surface area contributed by atoms with Crippen molar-refractivity contribution in [1.29, 1.82) is 10.5 Å². The van der Waals surface area contributed by atoms with Gasteiger partial charge in [0.05, 0.1) is 113 Å². The number of hydrogen-bond donors (Lipinski definition) is 2. The molecule has 340 valence electrons. The second-order valence-electron chi connectivity index (χ2n) is 16.3. The number of amides is 1. The highest BCUT2D eigenvalue weighted by atomic mass is 31.2. The zero-order valence-electron chi connectivity index (χ0n) is 36.5. The van der Waals surface area contributed by atoms with Crippen LogP contribution in [-0.4, -0.2) is 106 Å². The maximum absolute atomic E-state index is 14.4. The third-order valence-electron chi connectivity index (χ3n) is 12.4. The fourth-order valence-electron chi connectivity index (χ4n) is 7.90. The SMILES string of the molecule is CCC1OC(COP(=O)(OCCC#N)OC2C(CC)OC(COP(=O)(OCCC#N)OC3C(CC)OC(COCCCC(N)=O)C(C)C3C)C(C)C2C)C(C)C(C)C1O. The Morgan fingerprint density at radius 3 is 1.42 bits per heavy atom. The molecule has 0 aromatic carbocycles. The van der Waals surface area contributed by atoms with Crippen LogP contribution in [-0.2, 0) is 60.0 Å². The van der Waals surface area contributed by atoms with E-state index in [2.05, 4.69) is 0 Å². The van der Waals surface area contributed by atoms with Crippen molar-refractivity contribution in [2.75, 3.05) is 39.6 Å². The summed E-state index contributed by atoms with van der Waals surface area (Å²) in [5, 5.41) is 29.1. The van der Waals surface area contributed by atoms with Crippen LogP contribution in [0.2, 0.25) is 0 Å². The van der Waals surface area contributed by atoms with Gasteiger partial charge in [0.1, 0.15) is 0 Å². The molecule has 3 aliphatic heterocycles. The van der Waals surface area contributed by atoms with Gasteiger partial charge in [0.15, 0.2) is 0 Å². The standard InChI is InChI=1S/C40H71N3O14P2/c1-10-31-38(45)28(7)25(4)35(53-31)23-51-58(46,49-20-14-17-41)57-40-30(9)27(6)36(55-33(40)12-3)24-52-59(47,50-21-15-18-42)56-39-29(8)26(5)34(54-32(39)11-2)22-48-19-13-16-37(43)44/h25-36,38-40,45H,10-16,19-24H2,1-9H3,(H2,43,44). The van der Waals surface area contributed by atoms with E-state index < -0.39 is 64.5 Å². The molecule has 0 saturated carbocycles. The summed E-state index contributed by atoms with van der Waals surface area (Å²) >= 11 is 0. The van der Waals surface area contributed by atoms with Crippen LogP contribution in [0.15, 0.2) is 0 Å². The van der Waals surface area contributed by atoms with Crippen LogP contribution in [0.25, 0.3) is 0 Å². The fraction of sp³-hybridized carbons (Fsp3) is 0.925. The molecule has 19 heteroatoms. The van der Waals surface area contributed by atoms with Crippen LogP contribution in [0.3, 0.4) is 0 Å². The molecule has 17 unspecified atom stereocenters. The monoisotopic (exact) mass is 879 g/mol. The highest BCUT2D eigenvalue weighted by Gasteiger charge is 2.49. The molecule has 1 amide bonds. The van der Waals surface area contributed by atoms with Crippen LogP contribution in [0.1, 0.15) is 107 Å². The normalized spacial score (nSPS) is 37.1. The van der Waals surface area contributed by atoms with Crippen LogP contribution < -0.4 is 5.73 Å². The van der Waals surface area contributed by atoms with Crippen molar-refractivity contribution in [1.82, 2.24) is 0 Å². The van der Waals surface area contributed by atoms with E-state index in [9.17, 15) is 29.6 Å². The first kappa shape index (κ1) is 51.8. The van der Waals surface area contributed by atoms with Crippen molar-refractivity contribution >= 4 is 21.6 Å². The molecule has 3 aliphatic rings. The quantitative estimate of drug-likeness (QED) is 0.0704. The predicted molar refractivity (Wildman–Crippen MR) is 216 cm³/mol. The molecular formula is C40H71N3O14P2. The summed E-state index contributed by atoms with van der Waals surface area (Å²) in [7, 11) is -8.57. The number of carbonyl (C=O) groups is 1. The Balaban J connectivity index is 1.73. The zero-order chi connectivity index (χ0) is 43.9. The molecule has 3 fully saturated rings. The molecular weight excluding hydrogens is 808 g/mol. The first-order chi connectivity index (χ1) is 28.0. The molecule has 17 nitrogen and oxygen atoms in total. The highest BCUT2D eigenvalue weighted by Crippen LogP contribution is 2.56. The van der Waals surface area contributed by atoms with Gasteiger partial charge in [-0.3, -0.25) is 31.9 Å². The summed E-state index contributed by atoms with van der Waals surface area (Å²) < 4.78 is 89.5. The number of nitrogens with zero attached hydrogens (tertiary/aromatic N) is 2. The maximum atomic E-state index is 14.4. The number of ether oxygens (including phenoxy) is 4. The van der Waals surface area contributed by atoms with E-state index in [0.29, 0.717) is 38.9 Å². The van der Waals surface area contributed by atoms with Crippen molar-refractivity contribution in [3.8, 4) is 12.1 Å². The molecule has 3 rings (SSSR count). The van der Waals surface area contributed by atoms with E-state index in [4.69, 9.17) is 51.8 Å². The summed E-state index contributed by atoms with van der Waals surface area (Å²) in [6.07, 6.45) is -2.63. The number of primary amides is 1. The minimum atomic E-state index is -4.30.